The number of carbonyl (C=O) groups excluding carboxylic acids is 1. The topological polar surface area (TPSA) is 74.9 Å². The highest BCUT2D eigenvalue weighted by Crippen LogP contribution is 2.54. The first-order valence-electron chi connectivity index (χ1n) is 10.8. The number of halogens is 4. The lowest BCUT2D eigenvalue weighted by Gasteiger charge is -2.29. The number of benzene rings is 1. The lowest BCUT2D eigenvalue weighted by Crippen LogP contribution is -2.43. The van der Waals surface area contributed by atoms with E-state index in [1.165, 1.54) is 12.4 Å². The van der Waals surface area contributed by atoms with E-state index in [-0.39, 0.29) is 47.0 Å². The Hall–Kier alpha value is -3.63. The normalized spacial score (nSPS) is 25.0. The fourth-order valence-corrected chi connectivity index (χ4v) is 5.48. The zero-order valence-corrected chi connectivity index (χ0v) is 17.9. The lowest BCUT2D eigenvalue weighted by molar-refractivity contribution is -0.141. The Labute approximate surface area is 191 Å². The van der Waals surface area contributed by atoms with Gasteiger partial charge in [-0.2, -0.15) is 13.2 Å². The van der Waals surface area contributed by atoms with E-state index in [0.29, 0.717) is 11.4 Å². The third kappa shape index (κ3) is 2.99. The van der Waals surface area contributed by atoms with Gasteiger partial charge in [0.2, 0.25) is 0 Å². The number of aromatic nitrogens is 4. The molecule has 5 heterocycles. The van der Waals surface area contributed by atoms with Crippen molar-refractivity contribution in [3.05, 3.63) is 65.6 Å². The van der Waals surface area contributed by atoms with Crippen LogP contribution in [0, 0.1) is 12.7 Å². The van der Waals surface area contributed by atoms with Crippen molar-refractivity contribution in [2.24, 2.45) is 0 Å². The fraction of sp³-hybridized carbons (Fsp3) is 0.348. The van der Waals surface area contributed by atoms with E-state index in [2.05, 4.69) is 19.9 Å². The molecule has 1 amide bonds. The molecule has 3 aliphatic rings. The Morgan fingerprint density at radius 2 is 1.68 bits per heavy atom. The monoisotopic (exact) mass is 470 g/mol. The van der Waals surface area contributed by atoms with Crippen molar-refractivity contribution in [3.63, 3.8) is 0 Å². The molecule has 0 N–H and O–H groups in total. The molecule has 3 fully saturated rings. The van der Waals surface area contributed by atoms with Gasteiger partial charge in [0.15, 0.2) is 11.5 Å². The molecule has 1 aromatic carbocycles. The lowest BCUT2D eigenvalue weighted by atomic mass is 10.0. The second-order valence-corrected chi connectivity index (χ2v) is 8.76. The number of anilines is 1. The molecule has 6 rings (SSSR count). The number of aryl methyl sites for hydroxylation is 1. The Balaban J connectivity index is 1.29. The highest BCUT2D eigenvalue weighted by atomic mass is 19.4. The molecular formula is C23H18F4N6O. The number of piperazine rings is 1. The summed E-state index contributed by atoms with van der Waals surface area (Å²) in [5.41, 5.74) is -0.372. The number of amides is 1. The zero-order valence-electron chi connectivity index (χ0n) is 17.9. The van der Waals surface area contributed by atoms with E-state index in [1.54, 1.807) is 30.0 Å². The molecule has 3 aromatic rings. The van der Waals surface area contributed by atoms with Crippen molar-refractivity contribution < 1.29 is 22.4 Å². The van der Waals surface area contributed by atoms with Gasteiger partial charge in [-0.25, -0.2) is 24.3 Å². The molecular weight excluding hydrogens is 452 g/mol. The van der Waals surface area contributed by atoms with Crippen LogP contribution in [-0.2, 0) is 6.18 Å². The van der Waals surface area contributed by atoms with Gasteiger partial charge in [-0.1, -0.05) is 6.07 Å². The van der Waals surface area contributed by atoms with E-state index in [9.17, 15) is 18.0 Å². The molecule has 0 radical (unpaired) electrons. The third-order valence-corrected chi connectivity index (χ3v) is 6.95. The van der Waals surface area contributed by atoms with Crippen LogP contribution in [0.25, 0.3) is 11.4 Å². The predicted molar refractivity (Wildman–Crippen MR) is 112 cm³/mol. The maximum atomic E-state index is 15.1. The number of hydrogen-bond acceptors (Lipinski definition) is 6. The van der Waals surface area contributed by atoms with Gasteiger partial charge in [-0.05, 0) is 37.5 Å². The maximum absolute atomic E-state index is 15.1. The number of alkyl halides is 3. The first kappa shape index (κ1) is 20.9. The highest BCUT2D eigenvalue weighted by Gasteiger charge is 2.69. The molecule has 4 atom stereocenters. The molecule has 3 saturated heterocycles. The maximum Gasteiger partial charge on any atom is 0.434 e. The van der Waals surface area contributed by atoms with E-state index in [1.807, 2.05) is 4.90 Å². The summed E-state index contributed by atoms with van der Waals surface area (Å²) in [6.45, 7) is 1.62. The van der Waals surface area contributed by atoms with Crippen molar-refractivity contribution >= 4 is 11.7 Å². The highest BCUT2D eigenvalue weighted by molar-refractivity contribution is 6.01. The molecule has 3 aliphatic heterocycles. The molecule has 0 saturated carbocycles. The number of hydrogen-bond donors (Lipinski definition) is 0. The Morgan fingerprint density at radius 3 is 2.26 bits per heavy atom. The first-order valence-corrected chi connectivity index (χ1v) is 10.8. The fourth-order valence-electron chi connectivity index (χ4n) is 5.48. The molecule has 11 heteroatoms. The van der Waals surface area contributed by atoms with Crippen molar-refractivity contribution in [3.8, 4) is 11.4 Å². The Bertz CT molecular complexity index is 1270. The number of carbonyl (C=O) groups is 1. The summed E-state index contributed by atoms with van der Waals surface area (Å²) >= 11 is 0. The second-order valence-electron chi connectivity index (χ2n) is 8.76. The van der Waals surface area contributed by atoms with Gasteiger partial charge < -0.3 is 9.80 Å². The van der Waals surface area contributed by atoms with Crippen LogP contribution in [-0.4, -0.2) is 54.9 Å². The van der Waals surface area contributed by atoms with Crippen molar-refractivity contribution in [1.82, 2.24) is 24.8 Å². The molecule has 174 valence electrons. The predicted octanol–water partition coefficient (Wildman–Crippen LogP) is 3.64. The number of nitrogens with zero attached hydrogens (tertiary/aromatic N) is 6. The molecule has 0 aliphatic carbocycles. The van der Waals surface area contributed by atoms with E-state index in [0.717, 1.165) is 25.2 Å². The van der Waals surface area contributed by atoms with Crippen molar-refractivity contribution in [1.29, 1.82) is 0 Å². The standard InChI is InChI=1S/C23H18F4N6O/c1-11-3-4-12(17(18(11)24)21-28-7-2-8-29-21)22(34)32-13-5-6-14(32)20-19(13)33(20)16-10-30-15(9-31-16)23(25,26)27/h2-4,7-10,13-14,19-20H,5-6H2,1H3. The van der Waals surface area contributed by atoms with Crippen LogP contribution in [0.5, 0.6) is 0 Å². The van der Waals surface area contributed by atoms with Gasteiger partial charge >= 0.3 is 6.18 Å². The minimum absolute atomic E-state index is 0.0412. The molecule has 4 unspecified atom stereocenters. The summed E-state index contributed by atoms with van der Waals surface area (Å²) < 4.78 is 53.6. The summed E-state index contributed by atoms with van der Waals surface area (Å²) in [4.78, 5) is 33.1. The summed E-state index contributed by atoms with van der Waals surface area (Å²) in [6, 6.07) is 4.43. The number of rotatable bonds is 3. The Kier molecular flexibility index (Phi) is 4.42. The van der Waals surface area contributed by atoms with E-state index in [4.69, 9.17) is 0 Å². The van der Waals surface area contributed by atoms with Gasteiger partial charge in [0.1, 0.15) is 11.6 Å². The average Bonchev–Trinajstić information content (AvgIpc) is 3.33. The quantitative estimate of drug-likeness (QED) is 0.430. The third-order valence-electron chi connectivity index (χ3n) is 6.95. The Morgan fingerprint density at radius 1 is 1.00 bits per heavy atom. The molecule has 2 bridgehead atoms. The minimum Gasteiger partial charge on any atom is -0.341 e. The van der Waals surface area contributed by atoms with Crippen LogP contribution < -0.4 is 4.90 Å². The summed E-state index contributed by atoms with van der Waals surface area (Å²) in [5.74, 6) is -0.313. The van der Waals surface area contributed by atoms with Gasteiger partial charge in [0.25, 0.3) is 5.91 Å². The van der Waals surface area contributed by atoms with Crippen molar-refractivity contribution in [2.75, 3.05) is 4.90 Å². The van der Waals surface area contributed by atoms with Crippen molar-refractivity contribution in [2.45, 2.75) is 50.1 Å². The second kappa shape index (κ2) is 7.18. The SMILES string of the molecule is Cc1ccc(C(=O)N2C3CCC2C2C3N2c2cnc(C(F)(F)F)cn2)c(-c2ncccn2)c1F. The van der Waals surface area contributed by atoms with Crippen LogP contribution >= 0.6 is 0 Å². The zero-order chi connectivity index (χ0) is 23.8. The van der Waals surface area contributed by atoms with Gasteiger partial charge in [0.05, 0.1) is 47.7 Å². The van der Waals surface area contributed by atoms with Gasteiger partial charge in [0, 0.05) is 12.4 Å². The smallest absolute Gasteiger partial charge is 0.341 e. The molecule has 0 spiro atoms. The van der Waals surface area contributed by atoms with Crippen LogP contribution in [0.2, 0.25) is 0 Å². The summed E-state index contributed by atoms with van der Waals surface area (Å²) in [6.07, 6.45) is 1.82. The molecule has 7 nitrogen and oxygen atoms in total. The molecule has 2 aromatic heterocycles. The van der Waals surface area contributed by atoms with E-state index >= 15 is 4.39 Å². The van der Waals surface area contributed by atoms with Gasteiger partial charge in [-0.15, -0.1) is 0 Å². The van der Waals surface area contributed by atoms with E-state index < -0.39 is 17.7 Å². The minimum atomic E-state index is -4.55. The van der Waals surface area contributed by atoms with Crippen LogP contribution in [0.3, 0.4) is 0 Å². The van der Waals surface area contributed by atoms with Crippen LogP contribution in [0.4, 0.5) is 23.4 Å². The average molecular weight is 470 g/mol. The first-order chi connectivity index (χ1) is 16.3. The summed E-state index contributed by atoms with van der Waals surface area (Å²) in [7, 11) is 0. The van der Waals surface area contributed by atoms with Gasteiger partial charge in [-0.3, -0.25) is 4.79 Å². The summed E-state index contributed by atoms with van der Waals surface area (Å²) in [5, 5.41) is 0. The van der Waals surface area contributed by atoms with Crippen LogP contribution in [0.1, 0.15) is 34.5 Å². The van der Waals surface area contributed by atoms with Crippen LogP contribution in [0.15, 0.2) is 43.0 Å². The number of fused-ring (bicyclic) bond motifs is 5. The molecule has 34 heavy (non-hydrogen) atoms. The largest absolute Gasteiger partial charge is 0.434 e.